The van der Waals surface area contributed by atoms with Gasteiger partial charge in [0.25, 0.3) is 0 Å². The normalized spacial score (nSPS) is 21.3. The van der Waals surface area contributed by atoms with E-state index in [1.165, 1.54) is 7.11 Å². The van der Waals surface area contributed by atoms with E-state index in [1.54, 1.807) is 0 Å². The van der Waals surface area contributed by atoms with Crippen molar-refractivity contribution in [3.05, 3.63) is 0 Å². The van der Waals surface area contributed by atoms with Gasteiger partial charge < -0.3 is 20.1 Å². The molecule has 6 heteroatoms. The highest BCUT2D eigenvalue weighted by molar-refractivity contribution is 5.79. The number of hydrogen-bond donors (Lipinski definition) is 2. The molecule has 1 aliphatic rings. The van der Waals surface area contributed by atoms with Gasteiger partial charge in [-0.25, -0.2) is 0 Å². The van der Waals surface area contributed by atoms with Crippen molar-refractivity contribution in [3.63, 3.8) is 0 Å². The van der Waals surface area contributed by atoms with Crippen LogP contribution >= 0.6 is 0 Å². The highest BCUT2D eigenvalue weighted by atomic mass is 16.5. The lowest BCUT2D eigenvalue weighted by atomic mass is 10.0. The van der Waals surface area contributed by atoms with E-state index in [0.717, 1.165) is 64.2 Å². The van der Waals surface area contributed by atoms with Crippen LogP contribution in [0.15, 0.2) is 4.99 Å². The molecule has 0 bridgehead atoms. The van der Waals surface area contributed by atoms with Crippen molar-refractivity contribution in [2.45, 2.75) is 64.4 Å². The summed E-state index contributed by atoms with van der Waals surface area (Å²) in [6.45, 7) is 7.49. The maximum atomic E-state index is 11.0. The molecule has 0 aromatic rings. The first-order valence-corrected chi connectivity index (χ1v) is 8.82. The molecule has 0 amide bonds. The molecule has 134 valence electrons. The summed E-state index contributed by atoms with van der Waals surface area (Å²) in [4.78, 5) is 15.6. The van der Waals surface area contributed by atoms with Gasteiger partial charge in [-0.1, -0.05) is 12.8 Å². The predicted octanol–water partition coefficient (Wildman–Crippen LogP) is 2.23. The fourth-order valence-corrected chi connectivity index (χ4v) is 2.61. The molecule has 1 aliphatic heterocycles. The van der Waals surface area contributed by atoms with E-state index in [2.05, 4.69) is 34.2 Å². The van der Waals surface area contributed by atoms with Crippen LogP contribution < -0.4 is 10.6 Å². The lowest BCUT2D eigenvalue weighted by Gasteiger charge is -2.21. The van der Waals surface area contributed by atoms with E-state index >= 15 is 0 Å². The third-order valence-electron chi connectivity index (χ3n) is 4.04. The number of methoxy groups -OCH3 is 1. The van der Waals surface area contributed by atoms with E-state index in [1.807, 2.05) is 0 Å². The van der Waals surface area contributed by atoms with Gasteiger partial charge >= 0.3 is 5.97 Å². The Morgan fingerprint density at radius 1 is 1.26 bits per heavy atom. The summed E-state index contributed by atoms with van der Waals surface area (Å²) in [6.07, 6.45) is 6.85. The van der Waals surface area contributed by atoms with Gasteiger partial charge in [0.15, 0.2) is 5.96 Å². The number of nitrogens with zero attached hydrogens (tertiary/aromatic N) is 1. The molecule has 1 unspecified atom stereocenters. The van der Waals surface area contributed by atoms with Crippen LogP contribution in [0.3, 0.4) is 0 Å². The minimum Gasteiger partial charge on any atom is -0.469 e. The molecule has 0 spiro atoms. The number of nitrogens with one attached hydrogen (secondary N) is 2. The zero-order chi connectivity index (χ0) is 17.0. The number of ether oxygens (including phenoxy) is 2. The lowest BCUT2D eigenvalue weighted by molar-refractivity contribution is -0.140. The Bertz CT molecular complexity index is 366. The average Bonchev–Trinajstić information content (AvgIpc) is 2.98. The Kier molecular flexibility index (Phi) is 9.67. The van der Waals surface area contributed by atoms with Crippen molar-refractivity contribution >= 4 is 11.9 Å². The van der Waals surface area contributed by atoms with Gasteiger partial charge in [-0.3, -0.25) is 9.79 Å². The molecule has 1 rings (SSSR count). The first-order chi connectivity index (χ1) is 11.1. The number of aliphatic imine (C=N–C) groups is 1. The fourth-order valence-electron chi connectivity index (χ4n) is 2.61. The summed E-state index contributed by atoms with van der Waals surface area (Å²) >= 11 is 0. The molecule has 1 saturated heterocycles. The summed E-state index contributed by atoms with van der Waals surface area (Å²) in [5.41, 5.74) is -0.101. The molecule has 0 aromatic heterocycles. The number of esters is 1. The van der Waals surface area contributed by atoms with Crippen LogP contribution in [0.1, 0.15) is 58.8 Å². The number of carbonyl (C=O) groups excluding carboxylic acids is 1. The Morgan fingerprint density at radius 3 is 2.70 bits per heavy atom. The molecular formula is C17H33N3O3. The van der Waals surface area contributed by atoms with Gasteiger partial charge in [-0.15, -0.1) is 0 Å². The molecule has 1 heterocycles. The van der Waals surface area contributed by atoms with Crippen LogP contribution in [0.5, 0.6) is 0 Å². The van der Waals surface area contributed by atoms with Gasteiger partial charge in [0.1, 0.15) is 0 Å². The van der Waals surface area contributed by atoms with E-state index in [0.29, 0.717) is 13.0 Å². The smallest absolute Gasteiger partial charge is 0.305 e. The molecule has 2 N–H and O–H groups in total. The molecule has 0 aromatic carbocycles. The van der Waals surface area contributed by atoms with Crippen LogP contribution in [-0.4, -0.2) is 50.9 Å². The van der Waals surface area contributed by atoms with E-state index in [9.17, 15) is 4.79 Å². The molecule has 23 heavy (non-hydrogen) atoms. The van der Waals surface area contributed by atoms with Gasteiger partial charge in [0.2, 0.25) is 0 Å². The minimum atomic E-state index is -0.118. The van der Waals surface area contributed by atoms with Crippen LogP contribution in [0, 0.1) is 0 Å². The number of carbonyl (C=O) groups is 1. The quantitative estimate of drug-likeness (QED) is 0.279. The molecule has 0 radical (unpaired) electrons. The zero-order valence-corrected chi connectivity index (χ0v) is 15.0. The standard InChI is InChI=1S/C17H33N3O3/c1-4-18-16(20-14-17(2)11-9-13-23-17)19-12-8-6-5-7-10-15(21)22-3/h4-14H2,1-3H3,(H2,18,19,20). The third-order valence-corrected chi connectivity index (χ3v) is 4.04. The van der Waals surface area contributed by atoms with E-state index in [4.69, 9.17) is 4.74 Å². The van der Waals surface area contributed by atoms with Crippen LogP contribution in [-0.2, 0) is 14.3 Å². The van der Waals surface area contributed by atoms with Crippen molar-refractivity contribution in [2.24, 2.45) is 4.99 Å². The largest absolute Gasteiger partial charge is 0.469 e. The zero-order valence-electron chi connectivity index (χ0n) is 15.0. The van der Waals surface area contributed by atoms with Crippen molar-refractivity contribution < 1.29 is 14.3 Å². The highest BCUT2D eigenvalue weighted by Gasteiger charge is 2.29. The van der Waals surface area contributed by atoms with Crippen molar-refractivity contribution in [2.75, 3.05) is 33.4 Å². The first kappa shape index (κ1) is 19.7. The number of unbranched alkanes of at least 4 members (excludes halogenated alkanes) is 3. The van der Waals surface area contributed by atoms with Crippen molar-refractivity contribution in [1.82, 2.24) is 10.6 Å². The molecule has 0 aliphatic carbocycles. The molecule has 6 nitrogen and oxygen atoms in total. The fraction of sp³-hybridized carbons (Fsp3) is 0.882. The van der Waals surface area contributed by atoms with Gasteiger partial charge in [-0.05, 0) is 39.5 Å². The second-order valence-electron chi connectivity index (χ2n) is 6.26. The maximum absolute atomic E-state index is 11.0. The second kappa shape index (κ2) is 11.3. The Labute approximate surface area is 140 Å². The van der Waals surface area contributed by atoms with Crippen molar-refractivity contribution in [3.8, 4) is 0 Å². The SMILES string of the molecule is CCNC(=NCC1(C)CCCO1)NCCCCCCC(=O)OC. The van der Waals surface area contributed by atoms with Crippen LogP contribution in [0.25, 0.3) is 0 Å². The summed E-state index contributed by atoms with van der Waals surface area (Å²) in [6, 6.07) is 0. The van der Waals surface area contributed by atoms with Crippen LogP contribution in [0.4, 0.5) is 0 Å². The summed E-state index contributed by atoms with van der Waals surface area (Å²) in [5.74, 6) is 0.742. The summed E-state index contributed by atoms with van der Waals surface area (Å²) < 4.78 is 10.4. The number of guanidine groups is 1. The summed E-state index contributed by atoms with van der Waals surface area (Å²) in [7, 11) is 1.44. The van der Waals surface area contributed by atoms with Crippen LogP contribution in [0.2, 0.25) is 0 Å². The second-order valence-corrected chi connectivity index (χ2v) is 6.26. The Morgan fingerprint density at radius 2 is 2.04 bits per heavy atom. The predicted molar refractivity (Wildman–Crippen MR) is 92.7 cm³/mol. The Hall–Kier alpha value is -1.30. The van der Waals surface area contributed by atoms with E-state index in [-0.39, 0.29) is 11.6 Å². The van der Waals surface area contributed by atoms with Gasteiger partial charge in [0.05, 0.1) is 19.3 Å². The van der Waals surface area contributed by atoms with Crippen molar-refractivity contribution in [1.29, 1.82) is 0 Å². The molecule has 1 fully saturated rings. The highest BCUT2D eigenvalue weighted by Crippen LogP contribution is 2.24. The first-order valence-electron chi connectivity index (χ1n) is 8.82. The summed E-state index contributed by atoms with van der Waals surface area (Å²) in [5, 5.41) is 6.63. The van der Waals surface area contributed by atoms with Gasteiger partial charge in [-0.2, -0.15) is 0 Å². The molecule has 1 atom stereocenters. The third kappa shape index (κ3) is 8.79. The number of hydrogen-bond acceptors (Lipinski definition) is 4. The lowest BCUT2D eigenvalue weighted by Crippen LogP contribution is -2.39. The van der Waals surface area contributed by atoms with Gasteiger partial charge in [0, 0.05) is 26.1 Å². The molecular weight excluding hydrogens is 294 g/mol. The maximum Gasteiger partial charge on any atom is 0.305 e. The minimum absolute atomic E-state index is 0.101. The number of rotatable bonds is 10. The monoisotopic (exact) mass is 327 g/mol. The topological polar surface area (TPSA) is 72.0 Å². The van der Waals surface area contributed by atoms with E-state index < -0.39 is 0 Å². The average molecular weight is 327 g/mol. The molecule has 0 saturated carbocycles. The Balaban J connectivity index is 2.16.